The highest BCUT2D eigenvalue weighted by atomic mass is 16.5. The molecule has 2 unspecified atom stereocenters. The van der Waals surface area contributed by atoms with Crippen LogP contribution in [0.2, 0.25) is 0 Å². The Morgan fingerprint density at radius 1 is 1.42 bits per heavy atom. The summed E-state index contributed by atoms with van der Waals surface area (Å²) in [5.41, 5.74) is 1.13. The van der Waals surface area contributed by atoms with Gasteiger partial charge in [-0.25, -0.2) is 0 Å². The fourth-order valence-corrected chi connectivity index (χ4v) is 2.84. The number of rotatable bonds is 6. The maximum atomic E-state index is 5.70. The van der Waals surface area contributed by atoms with Gasteiger partial charge in [0.25, 0.3) is 0 Å². The molecule has 2 N–H and O–H groups in total. The molecule has 2 atom stereocenters. The van der Waals surface area contributed by atoms with Crippen LogP contribution in [0, 0.1) is 0 Å². The number of aromatic nitrogens is 2. The van der Waals surface area contributed by atoms with Crippen molar-refractivity contribution in [2.75, 3.05) is 20.3 Å². The summed E-state index contributed by atoms with van der Waals surface area (Å²) in [7, 11) is 1.73. The lowest BCUT2D eigenvalue weighted by atomic mass is 10.0. The molecule has 1 aliphatic heterocycles. The Balaban J connectivity index is 1.58. The van der Waals surface area contributed by atoms with Crippen LogP contribution >= 0.6 is 0 Å². The quantitative estimate of drug-likeness (QED) is 0.604. The first kappa shape index (κ1) is 18.2. The Bertz CT molecular complexity index is 746. The number of hydrogen-bond acceptors (Lipinski definition) is 6. The van der Waals surface area contributed by atoms with E-state index in [2.05, 4.69) is 31.8 Å². The summed E-state index contributed by atoms with van der Waals surface area (Å²) in [6, 6.07) is 8.18. The molecule has 0 aliphatic carbocycles. The molecule has 140 valence electrons. The molecule has 0 amide bonds. The average Bonchev–Trinajstić information content (AvgIpc) is 3.14. The minimum absolute atomic E-state index is 0.141. The van der Waals surface area contributed by atoms with Crippen molar-refractivity contribution in [2.24, 2.45) is 4.99 Å². The van der Waals surface area contributed by atoms with E-state index in [0.29, 0.717) is 37.4 Å². The first-order valence-electron chi connectivity index (χ1n) is 8.84. The van der Waals surface area contributed by atoms with Crippen molar-refractivity contribution >= 4 is 5.96 Å². The largest absolute Gasteiger partial charge is 0.493 e. The average molecular weight is 359 g/mol. The van der Waals surface area contributed by atoms with Crippen LogP contribution in [0.25, 0.3) is 0 Å². The molecule has 0 saturated carbocycles. The van der Waals surface area contributed by atoms with Gasteiger partial charge < -0.3 is 24.6 Å². The molecule has 1 aliphatic rings. The van der Waals surface area contributed by atoms with E-state index >= 15 is 0 Å². The van der Waals surface area contributed by atoms with Gasteiger partial charge in [-0.3, -0.25) is 4.99 Å². The molecule has 8 heteroatoms. The van der Waals surface area contributed by atoms with Crippen LogP contribution in [0.4, 0.5) is 0 Å². The van der Waals surface area contributed by atoms with Gasteiger partial charge in [-0.15, -0.1) is 0 Å². The van der Waals surface area contributed by atoms with Gasteiger partial charge in [0.1, 0.15) is 11.9 Å². The zero-order valence-corrected chi connectivity index (χ0v) is 15.4. The van der Waals surface area contributed by atoms with E-state index < -0.39 is 0 Å². The van der Waals surface area contributed by atoms with E-state index in [0.717, 1.165) is 17.7 Å². The smallest absolute Gasteiger partial charge is 0.246 e. The lowest BCUT2D eigenvalue weighted by Gasteiger charge is -2.27. The minimum Gasteiger partial charge on any atom is -0.493 e. The standard InChI is InChI=1S/C18H25N5O3/c1-4-24-12(2)17-22-16(26-23-17)11-20-18(19-3)21-14-9-10-25-15-8-6-5-7-13(14)15/h5-8,12,14H,4,9-11H2,1-3H3,(H2,19,20,21). The third kappa shape index (κ3) is 4.32. The molecule has 26 heavy (non-hydrogen) atoms. The summed E-state index contributed by atoms with van der Waals surface area (Å²) >= 11 is 0. The summed E-state index contributed by atoms with van der Waals surface area (Å²) in [4.78, 5) is 8.63. The molecule has 0 fully saturated rings. The highest BCUT2D eigenvalue weighted by Crippen LogP contribution is 2.31. The highest BCUT2D eigenvalue weighted by Gasteiger charge is 2.22. The Hall–Kier alpha value is -2.61. The number of ether oxygens (including phenoxy) is 2. The summed E-state index contributed by atoms with van der Waals surface area (Å²) in [6.07, 6.45) is 0.683. The Kier molecular flexibility index (Phi) is 6.06. The van der Waals surface area contributed by atoms with Crippen molar-refractivity contribution in [1.29, 1.82) is 0 Å². The van der Waals surface area contributed by atoms with Gasteiger partial charge in [-0.05, 0) is 19.9 Å². The summed E-state index contributed by atoms with van der Waals surface area (Å²) in [5, 5.41) is 10.6. The van der Waals surface area contributed by atoms with Gasteiger partial charge in [0.2, 0.25) is 5.89 Å². The maximum Gasteiger partial charge on any atom is 0.246 e. The minimum atomic E-state index is -0.186. The van der Waals surface area contributed by atoms with Crippen molar-refractivity contribution < 1.29 is 14.0 Å². The van der Waals surface area contributed by atoms with Crippen LogP contribution in [0.1, 0.15) is 49.7 Å². The number of benzene rings is 1. The number of aliphatic imine (C=N–C) groups is 1. The first-order valence-corrected chi connectivity index (χ1v) is 8.84. The molecule has 0 bridgehead atoms. The van der Waals surface area contributed by atoms with Crippen LogP contribution < -0.4 is 15.4 Å². The van der Waals surface area contributed by atoms with Gasteiger partial charge in [0.15, 0.2) is 11.8 Å². The normalized spacial score (nSPS) is 18.0. The molecular formula is C18H25N5O3. The molecule has 8 nitrogen and oxygen atoms in total. The third-order valence-corrected chi connectivity index (χ3v) is 4.16. The highest BCUT2D eigenvalue weighted by molar-refractivity contribution is 5.80. The Labute approximate surface area is 153 Å². The molecule has 1 aromatic carbocycles. The van der Waals surface area contributed by atoms with E-state index in [1.54, 1.807) is 7.05 Å². The topological polar surface area (TPSA) is 93.8 Å². The number of para-hydroxylation sites is 1. The van der Waals surface area contributed by atoms with Crippen molar-refractivity contribution in [3.8, 4) is 5.75 Å². The van der Waals surface area contributed by atoms with Crippen molar-refractivity contribution in [2.45, 2.75) is 39.0 Å². The first-order chi connectivity index (χ1) is 12.7. The Morgan fingerprint density at radius 2 is 2.27 bits per heavy atom. The number of guanidine groups is 1. The second-order valence-electron chi connectivity index (χ2n) is 5.94. The van der Waals surface area contributed by atoms with Gasteiger partial charge in [-0.2, -0.15) is 4.98 Å². The van der Waals surface area contributed by atoms with E-state index in [1.165, 1.54) is 0 Å². The van der Waals surface area contributed by atoms with E-state index in [4.69, 9.17) is 14.0 Å². The van der Waals surface area contributed by atoms with Gasteiger partial charge in [0, 0.05) is 25.6 Å². The maximum absolute atomic E-state index is 5.70. The number of nitrogens with zero attached hydrogens (tertiary/aromatic N) is 3. The lowest BCUT2D eigenvalue weighted by Crippen LogP contribution is -2.40. The molecule has 0 radical (unpaired) electrons. The van der Waals surface area contributed by atoms with Crippen molar-refractivity contribution in [1.82, 2.24) is 20.8 Å². The van der Waals surface area contributed by atoms with Crippen LogP contribution in [0.5, 0.6) is 5.75 Å². The number of hydrogen-bond donors (Lipinski definition) is 2. The summed E-state index contributed by atoms with van der Waals surface area (Å²) in [6.45, 7) is 5.49. The predicted molar refractivity (Wildman–Crippen MR) is 97.0 cm³/mol. The summed E-state index contributed by atoms with van der Waals surface area (Å²) in [5.74, 6) is 2.62. The van der Waals surface area contributed by atoms with E-state index in [1.807, 2.05) is 32.0 Å². The number of fused-ring (bicyclic) bond motifs is 1. The molecule has 0 spiro atoms. The molecule has 1 aromatic heterocycles. The fraction of sp³-hybridized carbons (Fsp3) is 0.500. The van der Waals surface area contributed by atoms with Crippen LogP contribution in [0.3, 0.4) is 0 Å². The molecular weight excluding hydrogens is 334 g/mol. The lowest BCUT2D eigenvalue weighted by molar-refractivity contribution is 0.0683. The van der Waals surface area contributed by atoms with Gasteiger partial charge >= 0.3 is 0 Å². The summed E-state index contributed by atoms with van der Waals surface area (Å²) < 4.78 is 16.4. The molecule has 0 saturated heterocycles. The molecule has 3 rings (SSSR count). The second kappa shape index (κ2) is 8.66. The second-order valence-corrected chi connectivity index (χ2v) is 5.94. The molecule has 2 aromatic rings. The monoisotopic (exact) mass is 359 g/mol. The van der Waals surface area contributed by atoms with Crippen molar-refractivity contribution in [3.05, 3.63) is 41.5 Å². The third-order valence-electron chi connectivity index (χ3n) is 4.16. The van der Waals surface area contributed by atoms with Crippen molar-refractivity contribution in [3.63, 3.8) is 0 Å². The SMILES string of the molecule is CCOC(C)c1noc(CNC(=NC)NC2CCOc3ccccc32)n1. The van der Waals surface area contributed by atoms with Gasteiger partial charge in [-0.1, -0.05) is 23.4 Å². The van der Waals surface area contributed by atoms with Crippen LogP contribution in [-0.2, 0) is 11.3 Å². The zero-order valence-electron chi connectivity index (χ0n) is 15.4. The fourth-order valence-electron chi connectivity index (χ4n) is 2.84. The van der Waals surface area contributed by atoms with Gasteiger partial charge in [0.05, 0.1) is 19.2 Å². The zero-order chi connectivity index (χ0) is 18.4. The predicted octanol–water partition coefficient (Wildman–Crippen LogP) is 2.36. The van der Waals surface area contributed by atoms with Crippen LogP contribution in [-0.4, -0.2) is 36.4 Å². The molecule has 2 heterocycles. The van der Waals surface area contributed by atoms with E-state index in [-0.39, 0.29) is 12.1 Å². The Morgan fingerprint density at radius 3 is 3.08 bits per heavy atom. The van der Waals surface area contributed by atoms with E-state index in [9.17, 15) is 0 Å². The van der Waals surface area contributed by atoms with Crippen LogP contribution in [0.15, 0.2) is 33.8 Å². The number of nitrogens with one attached hydrogen (secondary N) is 2.